The second kappa shape index (κ2) is 19.3. The van der Waals surface area contributed by atoms with Gasteiger partial charge < -0.3 is 10.6 Å². The van der Waals surface area contributed by atoms with Gasteiger partial charge in [0.05, 0.1) is 0 Å². The van der Waals surface area contributed by atoms with E-state index in [0.717, 1.165) is 25.9 Å². The normalized spacial score (nSPS) is 10.7. The topological polar surface area (TPSA) is 41.1 Å². The quantitative estimate of drug-likeness (QED) is 0.308. The third-order valence-electron chi connectivity index (χ3n) is 4.38. The van der Waals surface area contributed by atoms with Crippen LogP contribution in [0, 0.1) is 0 Å². The smallest absolute Gasteiger partial charge is 0.314 e. The summed E-state index contributed by atoms with van der Waals surface area (Å²) in [5.74, 6) is 0. The van der Waals surface area contributed by atoms with Crippen LogP contribution in [0.25, 0.3) is 0 Å². The highest BCUT2D eigenvalue weighted by Crippen LogP contribution is 2.09. The molecule has 3 nitrogen and oxygen atoms in total. The number of carbonyl (C=O) groups excluding carboxylic acids is 1. The van der Waals surface area contributed by atoms with E-state index in [1.54, 1.807) is 0 Å². The first-order valence-corrected chi connectivity index (χ1v) is 10.3. The standard InChI is InChI=1S/C20H42N2O/c1-3-5-7-9-11-12-13-15-17-19-22-20(23)21-18-16-14-10-8-6-4-2/h3-19H2,1-2H3,(H2,21,22,23). The third kappa shape index (κ3) is 19.2. The zero-order chi connectivity index (χ0) is 17.0. The van der Waals surface area contributed by atoms with Crippen LogP contribution >= 0.6 is 0 Å². The van der Waals surface area contributed by atoms with Crippen molar-refractivity contribution in [3.8, 4) is 0 Å². The third-order valence-corrected chi connectivity index (χ3v) is 4.38. The molecule has 2 amide bonds. The number of rotatable bonds is 17. The van der Waals surface area contributed by atoms with Crippen LogP contribution in [0.4, 0.5) is 4.79 Å². The second-order valence-electron chi connectivity index (χ2n) is 6.78. The van der Waals surface area contributed by atoms with E-state index < -0.39 is 0 Å². The Balaban J connectivity index is 3.13. The maximum absolute atomic E-state index is 11.6. The molecule has 0 unspecified atom stereocenters. The monoisotopic (exact) mass is 326 g/mol. The molecule has 3 heteroatoms. The molecule has 0 spiro atoms. The molecule has 138 valence electrons. The molecule has 0 rings (SSSR count). The predicted molar refractivity (Wildman–Crippen MR) is 102 cm³/mol. The molecule has 2 N–H and O–H groups in total. The van der Waals surface area contributed by atoms with Gasteiger partial charge in [-0.3, -0.25) is 0 Å². The van der Waals surface area contributed by atoms with E-state index in [0.29, 0.717) is 0 Å². The van der Waals surface area contributed by atoms with Crippen LogP contribution in [0.3, 0.4) is 0 Å². The SMILES string of the molecule is CCCCCCCCCCCNC(=O)NCCCCCCCC. The predicted octanol–water partition coefficient (Wildman–Crippen LogP) is 6.18. The van der Waals surface area contributed by atoms with E-state index in [1.165, 1.54) is 83.5 Å². The van der Waals surface area contributed by atoms with Crippen molar-refractivity contribution < 1.29 is 4.79 Å². The molecular formula is C20H42N2O. The Hall–Kier alpha value is -0.730. The molecule has 0 aliphatic rings. The summed E-state index contributed by atoms with van der Waals surface area (Å²) in [5, 5.41) is 5.92. The van der Waals surface area contributed by atoms with Gasteiger partial charge in [-0.1, -0.05) is 97.3 Å². The minimum atomic E-state index is 0.0122. The fourth-order valence-corrected chi connectivity index (χ4v) is 2.81. The van der Waals surface area contributed by atoms with Crippen LogP contribution in [0.15, 0.2) is 0 Å². The van der Waals surface area contributed by atoms with Gasteiger partial charge in [0.25, 0.3) is 0 Å². The average molecular weight is 327 g/mol. The van der Waals surface area contributed by atoms with Gasteiger partial charge in [0.2, 0.25) is 0 Å². The van der Waals surface area contributed by atoms with Crippen LogP contribution in [0.1, 0.15) is 110 Å². The summed E-state index contributed by atoms with van der Waals surface area (Å²) in [6.07, 6.45) is 19.5. The Kier molecular flexibility index (Phi) is 18.7. The van der Waals surface area contributed by atoms with Crippen molar-refractivity contribution in [2.75, 3.05) is 13.1 Å². The number of carbonyl (C=O) groups is 1. The van der Waals surface area contributed by atoms with Crippen LogP contribution in [0.2, 0.25) is 0 Å². The number of nitrogens with one attached hydrogen (secondary N) is 2. The summed E-state index contributed by atoms with van der Waals surface area (Å²) < 4.78 is 0. The van der Waals surface area contributed by atoms with Gasteiger partial charge in [0.1, 0.15) is 0 Å². The van der Waals surface area contributed by atoms with Gasteiger partial charge in [-0.2, -0.15) is 0 Å². The van der Waals surface area contributed by atoms with Crippen molar-refractivity contribution >= 4 is 6.03 Å². The molecule has 0 aliphatic carbocycles. The van der Waals surface area contributed by atoms with Crippen LogP contribution in [-0.2, 0) is 0 Å². The molecule has 23 heavy (non-hydrogen) atoms. The van der Waals surface area contributed by atoms with Gasteiger partial charge in [-0.25, -0.2) is 4.79 Å². The molecule has 0 aromatic heterocycles. The van der Waals surface area contributed by atoms with Crippen molar-refractivity contribution in [1.82, 2.24) is 10.6 Å². The molecule has 0 aliphatic heterocycles. The molecule has 0 heterocycles. The van der Waals surface area contributed by atoms with Crippen LogP contribution in [-0.4, -0.2) is 19.1 Å². The molecule has 0 fully saturated rings. The number of urea groups is 1. The summed E-state index contributed by atoms with van der Waals surface area (Å²) in [5.41, 5.74) is 0. The molecule has 0 bridgehead atoms. The van der Waals surface area contributed by atoms with Crippen LogP contribution < -0.4 is 10.6 Å². The molecule has 0 aromatic rings. The van der Waals surface area contributed by atoms with Crippen molar-refractivity contribution in [3.05, 3.63) is 0 Å². The lowest BCUT2D eigenvalue weighted by Gasteiger charge is -2.07. The van der Waals surface area contributed by atoms with Crippen molar-refractivity contribution in [3.63, 3.8) is 0 Å². The molecule has 0 saturated heterocycles. The van der Waals surface area contributed by atoms with Crippen LogP contribution in [0.5, 0.6) is 0 Å². The summed E-state index contributed by atoms with van der Waals surface area (Å²) in [6.45, 7) is 6.13. The fraction of sp³-hybridized carbons (Fsp3) is 0.950. The molecule has 0 atom stereocenters. The summed E-state index contributed by atoms with van der Waals surface area (Å²) >= 11 is 0. The maximum Gasteiger partial charge on any atom is 0.314 e. The Morgan fingerprint density at radius 1 is 0.522 bits per heavy atom. The lowest BCUT2D eigenvalue weighted by molar-refractivity contribution is 0.240. The largest absolute Gasteiger partial charge is 0.338 e. The highest BCUT2D eigenvalue weighted by Gasteiger charge is 1.98. The van der Waals surface area contributed by atoms with E-state index >= 15 is 0 Å². The fourth-order valence-electron chi connectivity index (χ4n) is 2.81. The van der Waals surface area contributed by atoms with E-state index in [-0.39, 0.29) is 6.03 Å². The zero-order valence-corrected chi connectivity index (χ0v) is 15.9. The number of unbranched alkanes of at least 4 members (excludes halogenated alkanes) is 13. The Morgan fingerprint density at radius 3 is 1.17 bits per heavy atom. The van der Waals surface area contributed by atoms with Gasteiger partial charge in [-0.05, 0) is 12.8 Å². The Labute approximate surface area is 145 Å². The van der Waals surface area contributed by atoms with Gasteiger partial charge in [-0.15, -0.1) is 0 Å². The lowest BCUT2D eigenvalue weighted by Crippen LogP contribution is -2.36. The molecular weight excluding hydrogens is 284 g/mol. The first-order valence-electron chi connectivity index (χ1n) is 10.3. The van der Waals surface area contributed by atoms with Gasteiger partial charge in [0, 0.05) is 13.1 Å². The summed E-state index contributed by atoms with van der Waals surface area (Å²) in [6, 6.07) is 0.0122. The van der Waals surface area contributed by atoms with Crippen molar-refractivity contribution in [1.29, 1.82) is 0 Å². The molecule has 0 aromatic carbocycles. The minimum absolute atomic E-state index is 0.0122. The number of hydrogen-bond acceptors (Lipinski definition) is 1. The number of amides is 2. The average Bonchev–Trinajstić information content (AvgIpc) is 2.55. The summed E-state index contributed by atoms with van der Waals surface area (Å²) in [7, 11) is 0. The van der Waals surface area contributed by atoms with E-state index in [1.807, 2.05) is 0 Å². The molecule has 0 radical (unpaired) electrons. The van der Waals surface area contributed by atoms with Crippen molar-refractivity contribution in [2.45, 2.75) is 110 Å². The maximum atomic E-state index is 11.6. The van der Waals surface area contributed by atoms with E-state index in [4.69, 9.17) is 0 Å². The highest BCUT2D eigenvalue weighted by molar-refractivity contribution is 5.73. The minimum Gasteiger partial charge on any atom is -0.338 e. The second-order valence-corrected chi connectivity index (χ2v) is 6.78. The zero-order valence-electron chi connectivity index (χ0n) is 15.9. The first kappa shape index (κ1) is 22.3. The van der Waals surface area contributed by atoms with Crippen molar-refractivity contribution in [2.24, 2.45) is 0 Å². The Bertz CT molecular complexity index is 244. The Morgan fingerprint density at radius 2 is 0.826 bits per heavy atom. The first-order chi connectivity index (χ1) is 11.3. The summed E-state index contributed by atoms with van der Waals surface area (Å²) in [4.78, 5) is 11.6. The van der Waals surface area contributed by atoms with E-state index in [2.05, 4.69) is 24.5 Å². The molecule has 0 saturated carbocycles. The van der Waals surface area contributed by atoms with Gasteiger partial charge in [0.15, 0.2) is 0 Å². The lowest BCUT2D eigenvalue weighted by atomic mass is 10.1. The van der Waals surface area contributed by atoms with E-state index in [9.17, 15) is 4.79 Å². The van der Waals surface area contributed by atoms with Gasteiger partial charge >= 0.3 is 6.03 Å². The number of hydrogen-bond donors (Lipinski definition) is 2. The highest BCUT2D eigenvalue weighted by atomic mass is 16.2.